The molecule has 0 radical (unpaired) electrons. The number of anilines is 1. The van der Waals surface area contributed by atoms with Crippen LogP contribution in [0.15, 0.2) is 23.2 Å². The number of nitrogens with two attached hydrogens (primary N) is 1. The van der Waals surface area contributed by atoms with Gasteiger partial charge in [0.2, 0.25) is 0 Å². The molecule has 2 aliphatic heterocycles. The van der Waals surface area contributed by atoms with Crippen molar-refractivity contribution in [1.29, 1.82) is 0 Å². The molecule has 5 nitrogen and oxygen atoms in total. The highest BCUT2D eigenvalue weighted by atomic mass is 19.3. The first kappa shape index (κ1) is 16.9. The molecule has 1 aromatic rings. The number of rotatable bonds is 4. The largest absolute Gasteiger partial charge is 0.459 e. The Hall–Kier alpha value is -1.96. The van der Waals surface area contributed by atoms with Crippen molar-refractivity contribution < 1.29 is 22.6 Å². The standard InChI is InChI=1S/C16H20F3N3O2/c1-14(7-23-8-14)6-21-10-3-4-12(17)11(5-10)15(2)16(18,19)9-24-13(20)22-15/h3-5,21H,6-9H2,1-2H3,(H2,20,22). The molecule has 2 heterocycles. The molecule has 1 saturated heterocycles. The molecule has 0 saturated carbocycles. The lowest BCUT2D eigenvalue weighted by atomic mass is 9.84. The number of alkyl halides is 2. The van der Waals surface area contributed by atoms with E-state index in [2.05, 4.69) is 15.0 Å². The number of hydrogen-bond donors (Lipinski definition) is 2. The molecule has 3 N–H and O–H groups in total. The average Bonchev–Trinajstić information content (AvgIpc) is 2.49. The van der Waals surface area contributed by atoms with Gasteiger partial charge < -0.3 is 20.5 Å². The average molecular weight is 343 g/mol. The first-order valence-corrected chi connectivity index (χ1v) is 7.63. The van der Waals surface area contributed by atoms with E-state index < -0.39 is 23.9 Å². The summed E-state index contributed by atoms with van der Waals surface area (Å²) in [4.78, 5) is 3.71. The van der Waals surface area contributed by atoms with Crippen LogP contribution in [0.3, 0.4) is 0 Å². The number of benzene rings is 1. The van der Waals surface area contributed by atoms with Crippen LogP contribution in [-0.4, -0.2) is 38.3 Å². The van der Waals surface area contributed by atoms with Gasteiger partial charge in [0.1, 0.15) is 5.82 Å². The lowest BCUT2D eigenvalue weighted by Crippen LogP contribution is -2.51. The van der Waals surface area contributed by atoms with Gasteiger partial charge in [-0.2, -0.15) is 8.78 Å². The van der Waals surface area contributed by atoms with Gasteiger partial charge in [-0.3, -0.25) is 0 Å². The summed E-state index contributed by atoms with van der Waals surface area (Å²) in [7, 11) is 0. The van der Waals surface area contributed by atoms with Gasteiger partial charge in [0.15, 0.2) is 12.1 Å². The SMILES string of the molecule is CC1(CNc2ccc(F)c(C3(C)N=C(N)OCC3(F)F)c2)COC1. The second-order valence-electron chi connectivity index (χ2n) is 6.87. The highest BCUT2D eigenvalue weighted by Gasteiger charge is 2.56. The summed E-state index contributed by atoms with van der Waals surface area (Å²) in [6.07, 6.45) is 0. The minimum atomic E-state index is -3.39. The minimum Gasteiger partial charge on any atom is -0.459 e. The van der Waals surface area contributed by atoms with Crippen molar-refractivity contribution in [3.8, 4) is 0 Å². The van der Waals surface area contributed by atoms with Crippen molar-refractivity contribution >= 4 is 11.7 Å². The van der Waals surface area contributed by atoms with Gasteiger partial charge in [-0.05, 0) is 25.1 Å². The van der Waals surface area contributed by atoms with Gasteiger partial charge in [0.25, 0.3) is 6.02 Å². The Balaban J connectivity index is 1.92. The Morgan fingerprint density at radius 1 is 1.25 bits per heavy atom. The molecule has 0 spiro atoms. The predicted octanol–water partition coefficient (Wildman–Crippen LogP) is 2.47. The number of hydrogen-bond acceptors (Lipinski definition) is 5. The van der Waals surface area contributed by atoms with E-state index in [-0.39, 0.29) is 17.0 Å². The van der Waals surface area contributed by atoms with E-state index in [1.54, 1.807) is 0 Å². The van der Waals surface area contributed by atoms with E-state index >= 15 is 0 Å². The molecule has 1 aromatic carbocycles. The van der Waals surface area contributed by atoms with Crippen LogP contribution in [0, 0.1) is 11.2 Å². The summed E-state index contributed by atoms with van der Waals surface area (Å²) in [6.45, 7) is 4.12. The monoisotopic (exact) mass is 343 g/mol. The van der Waals surface area contributed by atoms with Crippen molar-refractivity contribution in [1.82, 2.24) is 0 Å². The highest BCUT2D eigenvalue weighted by Crippen LogP contribution is 2.45. The van der Waals surface area contributed by atoms with E-state index in [9.17, 15) is 13.2 Å². The molecule has 2 aliphatic rings. The van der Waals surface area contributed by atoms with Crippen LogP contribution in [0.25, 0.3) is 0 Å². The van der Waals surface area contributed by atoms with Crippen molar-refractivity contribution in [2.75, 3.05) is 31.7 Å². The molecule has 0 bridgehead atoms. The Kier molecular flexibility index (Phi) is 3.90. The van der Waals surface area contributed by atoms with Crippen LogP contribution in [0.4, 0.5) is 18.9 Å². The molecule has 3 rings (SSSR count). The first-order valence-electron chi connectivity index (χ1n) is 7.63. The number of ether oxygens (including phenoxy) is 2. The van der Waals surface area contributed by atoms with Crippen LogP contribution in [-0.2, 0) is 15.0 Å². The van der Waals surface area contributed by atoms with Crippen LogP contribution in [0.5, 0.6) is 0 Å². The highest BCUT2D eigenvalue weighted by molar-refractivity contribution is 5.73. The molecule has 132 valence electrons. The lowest BCUT2D eigenvalue weighted by Gasteiger charge is -2.39. The fraction of sp³-hybridized carbons (Fsp3) is 0.562. The van der Waals surface area contributed by atoms with Gasteiger partial charge >= 0.3 is 5.92 Å². The zero-order valence-electron chi connectivity index (χ0n) is 13.5. The Bertz CT molecular complexity index is 677. The quantitative estimate of drug-likeness (QED) is 0.881. The van der Waals surface area contributed by atoms with Crippen molar-refractivity contribution in [3.05, 3.63) is 29.6 Å². The van der Waals surface area contributed by atoms with Gasteiger partial charge in [-0.25, -0.2) is 9.38 Å². The van der Waals surface area contributed by atoms with Gasteiger partial charge in [0.05, 0.1) is 13.2 Å². The number of nitrogens with zero attached hydrogens (tertiary/aromatic N) is 1. The number of nitrogens with one attached hydrogen (secondary N) is 1. The van der Waals surface area contributed by atoms with E-state index in [1.165, 1.54) is 12.1 Å². The van der Waals surface area contributed by atoms with Gasteiger partial charge in [-0.1, -0.05) is 6.92 Å². The Morgan fingerprint density at radius 3 is 2.58 bits per heavy atom. The molecule has 1 unspecified atom stereocenters. The normalized spacial score (nSPS) is 27.6. The summed E-state index contributed by atoms with van der Waals surface area (Å²) in [5, 5.41) is 3.15. The Morgan fingerprint density at radius 2 is 1.96 bits per heavy atom. The number of aliphatic imine (C=N–C) groups is 1. The third kappa shape index (κ3) is 2.79. The fourth-order valence-corrected chi connectivity index (χ4v) is 2.77. The second-order valence-corrected chi connectivity index (χ2v) is 6.87. The number of amidine groups is 1. The molecular formula is C16H20F3N3O2. The van der Waals surface area contributed by atoms with Crippen LogP contribution >= 0.6 is 0 Å². The van der Waals surface area contributed by atoms with Crippen molar-refractivity contribution in [2.45, 2.75) is 25.3 Å². The molecule has 0 aromatic heterocycles. The lowest BCUT2D eigenvalue weighted by molar-refractivity contribution is -0.117. The smallest absolute Gasteiger partial charge is 0.310 e. The molecule has 1 fully saturated rings. The molecule has 8 heteroatoms. The molecular weight excluding hydrogens is 323 g/mol. The topological polar surface area (TPSA) is 68.9 Å². The van der Waals surface area contributed by atoms with Gasteiger partial charge in [-0.15, -0.1) is 0 Å². The third-order valence-corrected chi connectivity index (χ3v) is 4.56. The van der Waals surface area contributed by atoms with E-state index in [1.807, 2.05) is 6.92 Å². The zero-order valence-corrected chi connectivity index (χ0v) is 13.5. The fourth-order valence-electron chi connectivity index (χ4n) is 2.77. The molecule has 0 amide bonds. The molecule has 1 atom stereocenters. The maximum absolute atomic E-state index is 14.4. The molecule has 24 heavy (non-hydrogen) atoms. The van der Waals surface area contributed by atoms with Crippen molar-refractivity contribution in [3.63, 3.8) is 0 Å². The maximum Gasteiger partial charge on any atom is 0.310 e. The van der Waals surface area contributed by atoms with Crippen LogP contribution in [0.2, 0.25) is 0 Å². The van der Waals surface area contributed by atoms with Crippen molar-refractivity contribution in [2.24, 2.45) is 16.1 Å². The summed E-state index contributed by atoms with van der Waals surface area (Å²) < 4.78 is 52.8. The zero-order chi connectivity index (χ0) is 17.6. The summed E-state index contributed by atoms with van der Waals surface area (Å²) in [5.74, 6) is -4.15. The van der Waals surface area contributed by atoms with E-state index in [0.29, 0.717) is 25.4 Å². The Labute approximate surface area is 138 Å². The second kappa shape index (κ2) is 5.54. The van der Waals surface area contributed by atoms with Gasteiger partial charge in [0, 0.05) is 23.2 Å². The summed E-state index contributed by atoms with van der Waals surface area (Å²) >= 11 is 0. The van der Waals surface area contributed by atoms with E-state index in [0.717, 1.165) is 13.0 Å². The van der Waals surface area contributed by atoms with Crippen LogP contribution in [0.1, 0.15) is 19.4 Å². The summed E-state index contributed by atoms with van der Waals surface area (Å²) in [6, 6.07) is 3.64. The molecule has 0 aliphatic carbocycles. The minimum absolute atomic E-state index is 0.0103. The van der Waals surface area contributed by atoms with E-state index in [4.69, 9.17) is 10.5 Å². The predicted molar refractivity (Wildman–Crippen MR) is 83.7 cm³/mol. The first-order chi connectivity index (χ1) is 11.2. The maximum atomic E-state index is 14.4. The third-order valence-electron chi connectivity index (χ3n) is 4.56. The summed E-state index contributed by atoms with van der Waals surface area (Å²) in [5.41, 5.74) is 3.62. The van der Waals surface area contributed by atoms with Crippen LogP contribution < -0.4 is 11.1 Å². The number of halogens is 3.